The average molecular weight is 262 g/mol. The van der Waals surface area contributed by atoms with Gasteiger partial charge in [-0.2, -0.15) is 0 Å². The molecule has 0 amide bonds. The summed E-state index contributed by atoms with van der Waals surface area (Å²) in [6.07, 6.45) is 3.64. The van der Waals surface area contributed by atoms with Crippen molar-refractivity contribution < 1.29 is 4.79 Å². The zero-order chi connectivity index (χ0) is 14.0. The van der Waals surface area contributed by atoms with Gasteiger partial charge in [0.1, 0.15) is 0 Å². The molecule has 1 aliphatic carbocycles. The summed E-state index contributed by atoms with van der Waals surface area (Å²) in [4.78, 5) is 12.2. The molecule has 0 aliphatic heterocycles. The lowest BCUT2D eigenvalue weighted by molar-refractivity contribution is 0.0990. The van der Waals surface area contributed by atoms with E-state index < -0.39 is 0 Å². The van der Waals surface area contributed by atoms with Crippen molar-refractivity contribution in [3.8, 4) is 0 Å². The third kappa shape index (κ3) is 3.47. The van der Waals surface area contributed by atoms with Gasteiger partial charge in [0, 0.05) is 23.0 Å². The van der Waals surface area contributed by atoms with Crippen LogP contribution in [0.25, 0.3) is 0 Å². The molecule has 0 saturated heterocycles. The Balaban J connectivity index is 1.94. The molecule has 0 aromatic carbocycles. The molecular formula is C16H26N2O. The normalized spacial score (nSPS) is 15.2. The highest BCUT2D eigenvalue weighted by atomic mass is 16.1. The van der Waals surface area contributed by atoms with Gasteiger partial charge < -0.3 is 9.88 Å². The molecule has 19 heavy (non-hydrogen) atoms. The smallest absolute Gasteiger partial charge is 0.178 e. The molecule has 3 heteroatoms. The Morgan fingerprint density at radius 1 is 1.42 bits per heavy atom. The molecule has 106 valence electrons. The first-order valence-electron chi connectivity index (χ1n) is 7.43. The number of nitrogens with zero attached hydrogens (tertiary/aromatic N) is 1. The van der Waals surface area contributed by atoms with Gasteiger partial charge in [0.05, 0.1) is 6.54 Å². The minimum Gasteiger partial charge on any atom is -0.345 e. The first kappa shape index (κ1) is 14.3. The molecule has 3 nitrogen and oxygen atoms in total. The monoisotopic (exact) mass is 262 g/mol. The summed E-state index contributed by atoms with van der Waals surface area (Å²) in [5, 5.41) is 3.26. The number of aryl methyl sites for hydroxylation is 1. The van der Waals surface area contributed by atoms with Gasteiger partial charge in [-0.05, 0) is 51.6 Å². The Kier molecular flexibility index (Phi) is 4.46. The van der Waals surface area contributed by atoms with Crippen LogP contribution in [0.2, 0.25) is 0 Å². The molecule has 1 saturated carbocycles. The van der Waals surface area contributed by atoms with Crippen molar-refractivity contribution in [3.05, 3.63) is 23.0 Å². The van der Waals surface area contributed by atoms with E-state index in [-0.39, 0.29) is 5.78 Å². The van der Waals surface area contributed by atoms with Crippen LogP contribution in [0.4, 0.5) is 0 Å². The fraction of sp³-hybridized carbons (Fsp3) is 0.688. The maximum Gasteiger partial charge on any atom is 0.178 e. The van der Waals surface area contributed by atoms with Gasteiger partial charge in [0.2, 0.25) is 0 Å². The molecule has 1 heterocycles. The second-order valence-corrected chi connectivity index (χ2v) is 6.17. The highest BCUT2D eigenvalue weighted by molar-refractivity contribution is 5.99. The van der Waals surface area contributed by atoms with Crippen LogP contribution >= 0.6 is 0 Å². The van der Waals surface area contributed by atoms with Gasteiger partial charge in [0.15, 0.2) is 5.78 Å². The number of carbonyl (C=O) groups excluding carboxylic acids is 1. The van der Waals surface area contributed by atoms with Crippen molar-refractivity contribution in [2.45, 2.75) is 53.0 Å². The third-order valence-corrected chi connectivity index (χ3v) is 3.88. The second kappa shape index (κ2) is 5.91. The molecule has 0 radical (unpaired) electrons. The van der Waals surface area contributed by atoms with Crippen LogP contribution < -0.4 is 5.32 Å². The van der Waals surface area contributed by atoms with Gasteiger partial charge >= 0.3 is 0 Å². The Labute approximate surface area is 116 Å². The van der Waals surface area contributed by atoms with Gasteiger partial charge in [0.25, 0.3) is 0 Å². The lowest BCUT2D eigenvalue weighted by Gasteiger charge is -2.08. The van der Waals surface area contributed by atoms with Crippen LogP contribution in [0.5, 0.6) is 0 Å². The number of hydrogen-bond acceptors (Lipinski definition) is 2. The first-order chi connectivity index (χ1) is 9.00. The number of carbonyl (C=O) groups is 1. The van der Waals surface area contributed by atoms with Gasteiger partial charge in [-0.3, -0.25) is 4.79 Å². The number of hydrogen-bond donors (Lipinski definition) is 1. The molecule has 1 aromatic heterocycles. The van der Waals surface area contributed by atoms with Crippen molar-refractivity contribution in [1.82, 2.24) is 9.88 Å². The topological polar surface area (TPSA) is 34.0 Å². The zero-order valence-corrected chi connectivity index (χ0v) is 12.6. The van der Waals surface area contributed by atoms with Crippen molar-refractivity contribution in [2.24, 2.45) is 5.92 Å². The third-order valence-electron chi connectivity index (χ3n) is 3.88. The quantitative estimate of drug-likeness (QED) is 0.604. The van der Waals surface area contributed by atoms with Gasteiger partial charge in [-0.1, -0.05) is 13.8 Å². The number of Topliss-reactive ketones (excluding diaryl/α,β-unsaturated/α-hetero) is 1. The molecule has 1 aliphatic rings. The van der Waals surface area contributed by atoms with Crippen LogP contribution in [0.3, 0.4) is 0 Å². The van der Waals surface area contributed by atoms with Crippen LogP contribution in [0.1, 0.15) is 60.9 Å². The minimum atomic E-state index is 0.226. The van der Waals surface area contributed by atoms with Gasteiger partial charge in [-0.25, -0.2) is 0 Å². The van der Waals surface area contributed by atoms with Crippen molar-refractivity contribution in [3.63, 3.8) is 0 Å². The van der Waals surface area contributed by atoms with Crippen molar-refractivity contribution >= 4 is 5.78 Å². The van der Waals surface area contributed by atoms with E-state index in [1.165, 1.54) is 18.5 Å². The van der Waals surface area contributed by atoms with E-state index in [1.54, 1.807) is 0 Å². The maximum absolute atomic E-state index is 12.2. The average Bonchev–Trinajstić information content (AvgIpc) is 3.11. The molecule has 0 atom stereocenters. The standard InChI is InChI=1S/C16H26N2O/c1-11(2)7-8-17-10-16(19)15-9-12(3)18(13(15)4)14-5-6-14/h9,11,14,17H,5-8,10H2,1-4H3. The largest absolute Gasteiger partial charge is 0.345 e. The number of rotatable bonds is 7. The van der Waals surface area contributed by atoms with Gasteiger partial charge in [-0.15, -0.1) is 0 Å². The zero-order valence-electron chi connectivity index (χ0n) is 12.6. The van der Waals surface area contributed by atoms with Crippen molar-refractivity contribution in [1.29, 1.82) is 0 Å². The fourth-order valence-corrected chi connectivity index (χ4v) is 2.64. The van der Waals surface area contributed by atoms with Crippen LogP contribution in [0.15, 0.2) is 6.07 Å². The molecule has 2 rings (SSSR count). The second-order valence-electron chi connectivity index (χ2n) is 6.17. The molecule has 0 spiro atoms. The predicted octanol–water partition coefficient (Wildman–Crippen LogP) is 3.26. The van der Waals surface area contributed by atoms with E-state index in [0.29, 0.717) is 18.5 Å². The van der Waals surface area contributed by atoms with E-state index in [4.69, 9.17) is 0 Å². The van der Waals surface area contributed by atoms with E-state index in [0.717, 1.165) is 24.2 Å². The van der Waals surface area contributed by atoms with E-state index >= 15 is 0 Å². The molecule has 0 bridgehead atoms. The summed E-state index contributed by atoms with van der Waals surface area (Å²) < 4.78 is 2.33. The fourth-order valence-electron chi connectivity index (χ4n) is 2.64. The summed E-state index contributed by atoms with van der Waals surface area (Å²) in [5.74, 6) is 0.909. The Morgan fingerprint density at radius 3 is 2.68 bits per heavy atom. The summed E-state index contributed by atoms with van der Waals surface area (Å²) in [7, 11) is 0. The van der Waals surface area contributed by atoms with E-state index in [9.17, 15) is 4.79 Å². The number of nitrogens with one attached hydrogen (secondary N) is 1. The molecule has 0 unspecified atom stereocenters. The first-order valence-corrected chi connectivity index (χ1v) is 7.43. The summed E-state index contributed by atoms with van der Waals surface area (Å²) >= 11 is 0. The molecule has 1 aromatic rings. The highest BCUT2D eigenvalue weighted by Crippen LogP contribution is 2.38. The summed E-state index contributed by atoms with van der Waals surface area (Å²) in [5.41, 5.74) is 3.28. The SMILES string of the molecule is Cc1cc(C(=O)CNCCC(C)C)c(C)n1C1CC1. The summed E-state index contributed by atoms with van der Waals surface area (Å²) in [6.45, 7) is 9.97. The Bertz CT molecular complexity index is 456. The van der Waals surface area contributed by atoms with E-state index in [1.807, 2.05) is 0 Å². The lowest BCUT2D eigenvalue weighted by Crippen LogP contribution is -2.25. The predicted molar refractivity (Wildman–Crippen MR) is 78.8 cm³/mol. The maximum atomic E-state index is 12.2. The Hall–Kier alpha value is -1.09. The highest BCUT2D eigenvalue weighted by Gasteiger charge is 2.28. The lowest BCUT2D eigenvalue weighted by atomic mass is 10.1. The minimum absolute atomic E-state index is 0.226. The number of ketones is 1. The summed E-state index contributed by atoms with van der Waals surface area (Å²) in [6, 6.07) is 2.70. The molecule has 1 fully saturated rings. The van der Waals surface area contributed by atoms with Crippen LogP contribution in [0, 0.1) is 19.8 Å². The Morgan fingerprint density at radius 2 is 2.11 bits per heavy atom. The van der Waals surface area contributed by atoms with Crippen molar-refractivity contribution in [2.75, 3.05) is 13.1 Å². The number of aromatic nitrogens is 1. The van der Waals surface area contributed by atoms with Crippen LogP contribution in [-0.2, 0) is 0 Å². The van der Waals surface area contributed by atoms with Crippen LogP contribution in [-0.4, -0.2) is 23.4 Å². The molecular weight excluding hydrogens is 236 g/mol. The molecule has 1 N–H and O–H groups in total. The van der Waals surface area contributed by atoms with E-state index in [2.05, 4.69) is 43.6 Å².